The number of nitrogens with one attached hydrogen (secondary N) is 3. The standard InChI is InChI=1S/C17H17FN6O/c1-10(2)20-16-22-15(12-5-3-4-6-13(12)18)23-17(24-16)21-11-7-8-19-14(25)9-11/h3-10H,1-2H3,(H3,19,20,21,22,23,24,25). The second-order valence-electron chi connectivity index (χ2n) is 5.65. The van der Waals surface area contributed by atoms with Crippen LogP contribution in [0, 0.1) is 5.82 Å². The zero-order valence-corrected chi connectivity index (χ0v) is 13.7. The van der Waals surface area contributed by atoms with Crippen molar-refractivity contribution >= 4 is 17.6 Å². The van der Waals surface area contributed by atoms with Gasteiger partial charge in [-0.05, 0) is 32.0 Å². The molecule has 0 saturated carbocycles. The molecule has 8 heteroatoms. The fraction of sp³-hybridized carbons (Fsp3) is 0.176. The zero-order valence-electron chi connectivity index (χ0n) is 13.7. The minimum atomic E-state index is -0.425. The lowest BCUT2D eigenvalue weighted by Crippen LogP contribution is -2.15. The SMILES string of the molecule is CC(C)Nc1nc(Nc2cc[nH]c(=O)c2)nc(-c2ccccc2F)n1. The van der Waals surface area contributed by atoms with Gasteiger partial charge in [0.05, 0.1) is 5.56 Å². The summed E-state index contributed by atoms with van der Waals surface area (Å²) in [4.78, 5) is 26.8. The molecule has 0 saturated heterocycles. The number of hydrogen-bond acceptors (Lipinski definition) is 6. The summed E-state index contributed by atoms with van der Waals surface area (Å²) in [5.74, 6) is 0.299. The number of hydrogen-bond donors (Lipinski definition) is 3. The van der Waals surface area contributed by atoms with Crippen LogP contribution in [0.25, 0.3) is 11.4 Å². The Balaban J connectivity index is 2.04. The highest BCUT2D eigenvalue weighted by atomic mass is 19.1. The normalized spacial score (nSPS) is 10.7. The molecule has 3 N–H and O–H groups in total. The minimum absolute atomic E-state index is 0.0864. The Morgan fingerprint density at radius 1 is 1.08 bits per heavy atom. The van der Waals surface area contributed by atoms with Gasteiger partial charge in [-0.1, -0.05) is 12.1 Å². The summed E-state index contributed by atoms with van der Waals surface area (Å²) < 4.78 is 14.1. The third kappa shape index (κ3) is 4.17. The van der Waals surface area contributed by atoms with Crippen molar-refractivity contribution in [3.8, 4) is 11.4 Å². The molecule has 0 fully saturated rings. The van der Waals surface area contributed by atoms with Crippen molar-refractivity contribution in [1.29, 1.82) is 0 Å². The second kappa shape index (κ2) is 7.08. The number of halogens is 1. The van der Waals surface area contributed by atoms with Crippen LogP contribution in [0.4, 0.5) is 22.0 Å². The molecule has 0 amide bonds. The number of nitrogens with zero attached hydrogens (tertiary/aromatic N) is 3. The highest BCUT2D eigenvalue weighted by Crippen LogP contribution is 2.22. The molecule has 0 atom stereocenters. The number of pyridine rings is 1. The predicted molar refractivity (Wildman–Crippen MR) is 94.3 cm³/mol. The van der Waals surface area contributed by atoms with E-state index in [1.54, 1.807) is 24.3 Å². The summed E-state index contributed by atoms with van der Waals surface area (Å²) in [6.07, 6.45) is 1.51. The first-order valence-corrected chi connectivity index (χ1v) is 7.74. The largest absolute Gasteiger partial charge is 0.352 e. The Bertz CT molecular complexity index is 940. The highest BCUT2D eigenvalue weighted by Gasteiger charge is 2.13. The van der Waals surface area contributed by atoms with Crippen molar-refractivity contribution in [3.63, 3.8) is 0 Å². The topological polar surface area (TPSA) is 95.6 Å². The number of rotatable bonds is 5. The molecule has 2 heterocycles. The molecule has 0 bridgehead atoms. The number of H-pyrrole nitrogens is 1. The Morgan fingerprint density at radius 2 is 1.84 bits per heavy atom. The average Bonchev–Trinajstić information content (AvgIpc) is 2.54. The zero-order chi connectivity index (χ0) is 17.8. The maximum Gasteiger partial charge on any atom is 0.249 e. The third-order valence-electron chi connectivity index (χ3n) is 3.20. The van der Waals surface area contributed by atoms with Crippen molar-refractivity contribution in [2.24, 2.45) is 0 Å². The van der Waals surface area contributed by atoms with E-state index in [0.29, 0.717) is 11.6 Å². The molecular weight excluding hydrogens is 323 g/mol. The van der Waals surface area contributed by atoms with Crippen LogP contribution >= 0.6 is 0 Å². The average molecular weight is 340 g/mol. The number of aromatic nitrogens is 4. The Labute approximate surface area is 143 Å². The number of aromatic amines is 1. The molecule has 128 valence electrons. The molecule has 3 rings (SSSR count). The van der Waals surface area contributed by atoms with Gasteiger partial charge in [0, 0.05) is 24.0 Å². The summed E-state index contributed by atoms with van der Waals surface area (Å²) in [6, 6.07) is 9.39. The molecule has 0 spiro atoms. The van der Waals surface area contributed by atoms with Crippen LogP contribution in [-0.4, -0.2) is 26.0 Å². The summed E-state index contributed by atoms with van der Waals surface area (Å²) in [5.41, 5.74) is 0.532. The van der Waals surface area contributed by atoms with Gasteiger partial charge in [0.1, 0.15) is 5.82 Å². The van der Waals surface area contributed by atoms with Crippen LogP contribution in [0.5, 0.6) is 0 Å². The lowest BCUT2D eigenvalue weighted by atomic mass is 10.2. The van der Waals surface area contributed by atoms with Crippen molar-refractivity contribution in [2.75, 3.05) is 10.6 Å². The van der Waals surface area contributed by atoms with Gasteiger partial charge in [-0.25, -0.2) is 4.39 Å². The fourth-order valence-corrected chi connectivity index (χ4v) is 2.17. The van der Waals surface area contributed by atoms with Crippen molar-refractivity contribution in [1.82, 2.24) is 19.9 Å². The van der Waals surface area contributed by atoms with Gasteiger partial charge in [0.25, 0.3) is 0 Å². The van der Waals surface area contributed by atoms with E-state index in [1.165, 1.54) is 18.3 Å². The van der Waals surface area contributed by atoms with Crippen LogP contribution < -0.4 is 16.2 Å². The van der Waals surface area contributed by atoms with E-state index >= 15 is 0 Å². The molecule has 1 aromatic carbocycles. The maximum absolute atomic E-state index is 14.1. The quantitative estimate of drug-likeness (QED) is 0.661. The van der Waals surface area contributed by atoms with E-state index in [4.69, 9.17) is 0 Å². The molecule has 0 aliphatic carbocycles. The summed E-state index contributed by atoms with van der Waals surface area (Å²) in [6.45, 7) is 3.88. The molecule has 0 radical (unpaired) electrons. The van der Waals surface area contributed by atoms with Crippen molar-refractivity contribution < 1.29 is 4.39 Å². The number of benzene rings is 1. The van der Waals surface area contributed by atoms with Gasteiger partial charge in [0.2, 0.25) is 17.5 Å². The van der Waals surface area contributed by atoms with Gasteiger partial charge in [-0.15, -0.1) is 0 Å². The highest BCUT2D eigenvalue weighted by molar-refractivity contribution is 5.61. The lowest BCUT2D eigenvalue weighted by Gasteiger charge is -2.12. The van der Waals surface area contributed by atoms with Crippen molar-refractivity contribution in [3.05, 3.63) is 58.8 Å². The Hall–Kier alpha value is -3.29. The van der Waals surface area contributed by atoms with E-state index in [9.17, 15) is 9.18 Å². The van der Waals surface area contributed by atoms with Gasteiger partial charge >= 0.3 is 0 Å². The third-order valence-corrected chi connectivity index (χ3v) is 3.20. The van der Waals surface area contributed by atoms with Gasteiger partial charge in [-0.3, -0.25) is 4.79 Å². The van der Waals surface area contributed by atoms with Crippen LogP contribution in [0.2, 0.25) is 0 Å². The molecule has 7 nitrogen and oxygen atoms in total. The first-order chi connectivity index (χ1) is 12.0. The van der Waals surface area contributed by atoms with Gasteiger partial charge in [-0.2, -0.15) is 15.0 Å². The summed E-state index contributed by atoms with van der Waals surface area (Å²) >= 11 is 0. The first kappa shape index (κ1) is 16.6. The first-order valence-electron chi connectivity index (χ1n) is 7.74. The Morgan fingerprint density at radius 3 is 2.56 bits per heavy atom. The minimum Gasteiger partial charge on any atom is -0.352 e. The lowest BCUT2D eigenvalue weighted by molar-refractivity contribution is 0.630. The van der Waals surface area contributed by atoms with Crippen LogP contribution in [0.3, 0.4) is 0 Å². The molecule has 0 aliphatic heterocycles. The summed E-state index contributed by atoms with van der Waals surface area (Å²) in [7, 11) is 0. The van der Waals surface area contributed by atoms with E-state index in [-0.39, 0.29) is 28.9 Å². The molecule has 0 aliphatic rings. The molecule has 25 heavy (non-hydrogen) atoms. The smallest absolute Gasteiger partial charge is 0.249 e. The van der Waals surface area contributed by atoms with E-state index < -0.39 is 5.82 Å². The van der Waals surface area contributed by atoms with Crippen LogP contribution in [-0.2, 0) is 0 Å². The second-order valence-corrected chi connectivity index (χ2v) is 5.65. The monoisotopic (exact) mass is 340 g/mol. The summed E-state index contributed by atoms with van der Waals surface area (Å²) in [5, 5.41) is 6.02. The molecule has 0 unspecified atom stereocenters. The van der Waals surface area contributed by atoms with Crippen LogP contribution in [0.1, 0.15) is 13.8 Å². The molecule has 3 aromatic rings. The Kier molecular flexibility index (Phi) is 4.69. The van der Waals surface area contributed by atoms with E-state index in [0.717, 1.165) is 0 Å². The maximum atomic E-state index is 14.1. The van der Waals surface area contributed by atoms with E-state index in [1.807, 2.05) is 13.8 Å². The molecule has 2 aromatic heterocycles. The van der Waals surface area contributed by atoms with Crippen LogP contribution in [0.15, 0.2) is 47.4 Å². The number of anilines is 3. The molecular formula is C17H17FN6O. The van der Waals surface area contributed by atoms with Gasteiger partial charge < -0.3 is 15.6 Å². The van der Waals surface area contributed by atoms with Gasteiger partial charge in [0.15, 0.2) is 5.82 Å². The van der Waals surface area contributed by atoms with Crippen molar-refractivity contribution in [2.45, 2.75) is 19.9 Å². The van der Waals surface area contributed by atoms with E-state index in [2.05, 4.69) is 30.6 Å². The predicted octanol–water partition coefficient (Wildman–Crippen LogP) is 2.93. The fourth-order valence-electron chi connectivity index (χ4n) is 2.17.